The van der Waals surface area contributed by atoms with Crippen LogP contribution in [0.3, 0.4) is 0 Å². The number of amides is 1. The molecule has 4 nitrogen and oxygen atoms in total. The first-order valence-electron chi connectivity index (χ1n) is 6.65. The normalized spacial score (nSPS) is 19.7. The highest BCUT2D eigenvalue weighted by Gasteiger charge is 2.13. The van der Waals surface area contributed by atoms with Gasteiger partial charge in [0.05, 0.1) is 6.54 Å². The van der Waals surface area contributed by atoms with Gasteiger partial charge < -0.3 is 10.6 Å². The van der Waals surface area contributed by atoms with Gasteiger partial charge in [0.1, 0.15) is 5.01 Å². The molecule has 1 saturated heterocycles. The lowest BCUT2D eigenvalue weighted by atomic mass is 10.0. The zero-order valence-electron chi connectivity index (χ0n) is 10.9. The number of piperidine rings is 1. The Balaban J connectivity index is 1.62. The summed E-state index contributed by atoms with van der Waals surface area (Å²) in [5.74, 6) is 0.134. The number of carbonyl (C=O) groups excluding carboxylic acids is 1. The van der Waals surface area contributed by atoms with E-state index in [0.717, 1.165) is 18.0 Å². The first kappa shape index (κ1) is 13.5. The van der Waals surface area contributed by atoms with Crippen molar-refractivity contribution in [3.05, 3.63) is 16.1 Å². The van der Waals surface area contributed by atoms with Crippen LogP contribution < -0.4 is 10.6 Å². The van der Waals surface area contributed by atoms with Crippen molar-refractivity contribution in [1.29, 1.82) is 0 Å². The molecule has 1 amide bonds. The SMILES string of the molecule is Cc1cnc(CNC(=O)CCC2CCCCN2)s1. The minimum atomic E-state index is 0.134. The molecule has 1 aliphatic rings. The van der Waals surface area contributed by atoms with E-state index in [2.05, 4.69) is 15.6 Å². The molecule has 1 fully saturated rings. The predicted molar refractivity (Wildman–Crippen MR) is 73.6 cm³/mol. The minimum Gasteiger partial charge on any atom is -0.350 e. The van der Waals surface area contributed by atoms with Crippen molar-refractivity contribution in [2.24, 2.45) is 0 Å². The van der Waals surface area contributed by atoms with Crippen molar-refractivity contribution in [2.75, 3.05) is 6.54 Å². The average Bonchev–Trinajstić information content (AvgIpc) is 2.81. The van der Waals surface area contributed by atoms with Crippen LogP contribution in [0.2, 0.25) is 0 Å². The monoisotopic (exact) mass is 267 g/mol. The molecule has 0 aromatic carbocycles. The van der Waals surface area contributed by atoms with E-state index < -0.39 is 0 Å². The third kappa shape index (κ3) is 4.38. The van der Waals surface area contributed by atoms with Crippen molar-refractivity contribution in [1.82, 2.24) is 15.6 Å². The Kier molecular flexibility index (Phi) is 5.13. The Hall–Kier alpha value is -0.940. The summed E-state index contributed by atoms with van der Waals surface area (Å²) >= 11 is 1.64. The van der Waals surface area contributed by atoms with Gasteiger partial charge in [-0.15, -0.1) is 11.3 Å². The molecule has 1 unspecified atom stereocenters. The van der Waals surface area contributed by atoms with Crippen LogP contribution in [0.25, 0.3) is 0 Å². The predicted octanol–water partition coefficient (Wildman–Crippen LogP) is 1.99. The summed E-state index contributed by atoms with van der Waals surface area (Å²) in [5, 5.41) is 7.38. The third-order valence-corrected chi connectivity index (χ3v) is 4.15. The number of hydrogen-bond donors (Lipinski definition) is 2. The van der Waals surface area contributed by atoms with Crippen LogP contribution in [0, 0.1) is 6.92 Å². The summed E-state index contributed by atoms with van der Waals surface area (Å²) in [7, 11) is 0. The number of hydrogen-bond acceptors (Lipinski definition) is 4. The summed E-state index contributed by atoms with van der Waals surface area (Å²) in [4.78, 5) is 17.1. The molecule has 2 heterocycles. The van der Waals surface area contributed by atoms with E-state index in [0.29, 0.717) is 19.0 Å². The van der Waals surface area contributed by atoms with Gasteiger partial charge >= 0.3 is 0 Å². The third-order valence-electron chi connectivity index (χ3n) is 3.24. The molecule has 100 valence electrons. The summed E-state index contributed by atoms with van der Waals surface area (Å²) in [6.07, 6.45) is 7.17. The van der Waals surface area contributed by atoms with E-state index in [1.54, 1.807) is 11.3 Å². The molecule has 0 spiro atoms. The highest BCUT2D eigenvalue weighted by molar-refractivity contribution is 7.11. The molecular formula is C13H21N3OS. The Morgan fingerprint density at radius 3 is 3.17 bits per heavy atom. The number of thiazole rings is 1. The second-order valence-electron chi connectivity index (χ2n) is 4.83. The van der Waals surface area contributed by atoms with Crippen LogP contribution in [0.15, 0.2) is 6.20 Å². The summed E-state index contributed by atoms with van der Waals surface area (Å²) < 4.78 is 0. The molecule has 2 N–H and O–H groups in total. The van der Waals surface area contributed by atoms with Crippen LogP contribution in [0.1, 0.15) is 42.0 Å². The molecular weight excluding hydrogens is 246 g/mol. The van der Waals surface area contributed by atoms with Gasteiger partial charge in [0.15, 0.2) is 0 Å². The topological polar surface area (TPSA) is 54.0 Å². The zero-order chi connectivity index (χ0) is 12.8. The molecule has 5 heteroatoms. The first-order valence-corrected chi connectivity index (χ1v) is 7.47. The van der Waals surface area contributed by atoms with Gasteiger partial charge in [-0.2, -0.15) is 0 Å². The lowest BCUT2D eigenvalue weighted by Gasteiger charge is -2.22. The van der Waals surface area contributed by atoms with Crippen molar-refractivity contribution < 1.29 is 4.79 Å². The van der Waals surface area contributed by atoms with Gasteiger partial charge in [0.25, 0.3) is 0 Å². The van der Waals surface area contributed by atoms with E-state index >= 15 is 0 Å². The maximum Gasteiger partial charge on any atom is 0.220 e. The Morgan fingerprint density at radius 2 is 2.50 bits per heavy atom. The van der Waals surface area contributed by atoms with Crippen LogP contribution in [-0.4, -0.2) is 23.5 Å². The smallest absolute Gasteiger partial charge is 0.220 e. The largest absolute Gasteiger partial charge is 0.350 e. The summed E-state index contributed by atoms with van der Waals surface area (Å²) in [6.45, 7) is 3.69. The molecule has 1 atom stereocenters. The fourth-order valence-corrected chi connectivity index (χ4v) is 2.95. The minimum absolute atomic E-state index is 0.134. The molecule has 0 bridgehead atoms. The number of rotatable bonds is 5. The van der Waals surface area contributed by atoms with E-state index in [9.17, 15) is 4.79 Å². The van der Waals surface area contributed by atoms with Gasteiger partial charge in [-0.05, 0) is 32.7 Å². The van der Waals surface area contributed by atoms with Crippen molar-refractivity contribution >= 4 is 17.2 Å². The second-order valence-corrected chi connectivity index (χ2v) is 6.15. The molecule has 1 aromatic heterocycles. The summed E-state index contributed by atoms with van der Waals surface area (Å²) in [5.41, 5.74) is 0. The average molecular weight is 267 g/mol. The van der Waals surface area contributed by atoms with Gasteiger partial charge in [-0.3, -0.25) is 4.79 Å². The van der Waals surface area contributed by atoms with E-state index in [1.807, 2.05) is 13.1 Å². The van der Waals surface area contributed by atoms with Crippen molar-refractivity contribution in [2.45, 2.75) is 51.6 Å². The van der Waals surface area contributed by atoms with E-state index in [4.69, 9.17) is 0 Å². The van der Waals surface area contributed by atoms with Crippen LogP contribution in [-0.2, 0) is 11.3 Å². The maximum absolute atomic E-state index is 11.7. The molecule has 0 aliphatic carbocycles. The molecule has 0 saturated carbocycles. The van der Waals surface area contributed by atoms with Gasteiger partial charge in [-0.25, -0.2) is 4.98 Å². The number of nitrogens with zero attached hydrogens (tertiary/aromatic N) is 1. The first-order chi connectivity index (χ1) is 8.74. The number of aromatic nitrogens is 1. The van der Waals surface area contributed by atoms with Gasteiger partial charge in [0.2, 0.25) is 5.91 Å². The standard InChI is InChI=1S/C13H21N3OS/c1-10-8-16-13(18-10)9-15-12(17)6-5-11-4-2-3-7-14-11/h8,11,14H,2-7,9H2,1H3,(H,15,17). The maximum atomic E-state index is 11.7. The van der Waals surface area contributed by atoms with Crippen LogP contribution in [0.4, 0.5) is 0 Å². The Labute approximate surface area is 112 Å². The molecule has 0 radical (unpaired) electrons. The quantitative estimate of drug-likeness (QED) is 0.858. The molecule has 18 heavy (non-hydrogen) atoms. The number of aryl methyl sites for hydroxylation is 1. The van der Waals surface area contributed by atoms with Crippen LogP contribution >= 0.6 is 11.3 Å². The fraction of sp³-hybridized carbons (Fsp3) is 0.692. The van der Waals surface area contributed by atoms with Gasteiger partial charge in [-0.1, -0.05) is 6.42 Å². The van der Waals surface area contributed by atoms with E-state index in [1.165, 1.54) is 24.1 Å². The lowest BCUT2D eigenvalue weighted by molar-refractivity contribution is -0.121. The zero-order valence-corrected chi connectivity index (χ0v) is 11.7. The van der Waals surface area contributed by atoms with Gasteiger partial charge in [0, 0.05) is 23.5 Å². The highest BCUT2D eigenvalue weighted by Crippen LogP contribution is 2.12. The highest BCUT2D eigenvalue weighted by atomic mass is 32.1. The second kappa shape index (κ2) is 6.85. The van der Waals surface area contributed by atoms with Crippen LogP contribution in [0.5, 0.6) is 0 Å². The Bertz CT molecular complexity index is 385. The molecule has 1 aliphatic heterocycles. The van der Waals surface area contributed by atoms with E-state index in [-0.39, 0.29) is 5.91 Å². The van der Waals surface area contributed by atoms with Crippen molar-refractivity contribution in [3.63, 3.8) is 0 Å². The molecule has 2 rings (SSSR count). The summed E-state index contributed by atoms with van der Waals surface area (Å²) in [6, 6.07) is 0.534. The molecule has 1 aromatic rings. The lowest BCUT2D eigenvalue weighted by Crippen LogP contribution is -2.35. The van der Waals surface area contributed by atoms with Crippen molar-refractivity contribution in [3.8, 4) is 0 Å². The fourth-order valence-electron chi connectivity index (χ4n) is 2.22. The number of nitrogens with one attached hydrogen (secondary N) is 2. The number of carbonyl (C=O) groups is 1. The Morgan fingerprint density at radius 1 is 1.61 bits per heavy atom.